The average Bonchev–Trinajstić information content (AvgIpc) is 2.73. The Morgan fingerprint density at radius 3 is 2.41 bits per heavy atom. The number of rotatable bonds is 6. The van der Waals surface area contributed by atoms with Gasteiger partial charge in [0, 0.05) is 13.1 Å². The first-order valence-corrected chi connectivity index (χ1v) is 10.7. The monoisotopic (exact) mass is 450 g/mol. The van der Waals surface area contributed by atoms with Gasteiger partial charge >= 0.3 is 6.18 Å². The minimum atomic E-state index is -4.52. The minimum absolute atomic E-state index is 0.107. The number of carbonyl (C=O) groups is 1. The molecule has 3 rings (SSSR count). The van der Waals surface area contributed by atoms with Gasteiger partial charge in [-0.1, -0.05) is 26.0 Å². The Balaban J connectivity index is 1.85. The predicted molar refractivity (Wildman–Crippen MR) is 118 cm³/mol. The van der Waals surface area contributed by atoms with Gasteiger partial charge in [0.15, 0.2) is 6.10 Å². The van der Waals surface area contributed by atoms with Crippen LogP contribution in [0.2, 0.25) is 0 Å². The third-order valence-corrected chi connectivity index (χ3v) is 5.40. The molecule has 0 aromatic heterocycles. The minimum Gasteiger partial charge on any atom is -0.481 e. The quantitative estimate of drug-likeness (QED) is 0.642. The van der Waals surface area contributed by atoms with Gasteiger partial charge in [-0.25, -0.2) is 0 Å². The van der Waals surface area contributed by atoms with E-state index in [-0.39, 0.29) is 11.6 Å². The predicted octanol–water partition coefficient (Wildman–Crippen LogP) is 5.38. The van der Waals surface area contributed by atoms with Gasteiger partial charge in [-0.2, -0.15) is 13.2 Å². The summed E-state index contributed by atoms with van der Waals surface area (Å²) in [5, 5.41) is 2.66. The lowest BCUT2D eigenvalue weighted by molar-refractivity contribution is -0.137. The van der Waals surface area contributed by atoms with Crippen molar-refractivity contribution in [1.29, 1.82) is 0 Å². The molecule has 1 aliphatic rings. The zero-order valence-electron chi connectivity index (χ0n) is 18.8. The first kappa shape index (κ1) is 23.9. The zero-order chi connectivity index (χ0) is 23.5. The summed E-state index contributed by atoms with van der Waals surface area (Å²) in [4.78, 5) is 14.8. The molecule has 2 aromatic rings. The summed E-state index contributed by atoms with van der Waals surface area (Å²) < 4.78 is 51.2. The van der Waals surface area contributed by atoms with Crippen LogP contribution >= 0.6 is 0 Å². The van der Waals surface area contributed by atoms with Crippen LogP contribution in [-0.4, -0.2) is 38.3 Å². The van der Waals surface area contributed by atoms with Gasteiger partial charge in [-0.05, 0) is 55.2 Å². The van der Waals surface area contributed by atoms with Crippen LogP contribution in [0.5, 0.6) is 5.75 Å². The molecule has 1 aliphatic heterocycles. The van der Waals surface area contributed by atoms with E-state index >= 15 is 0 Å². The number of alkyl halides is 3. The molecule has 0 radical (unpaired) electrons. The van der Waals surface area contributed by atoms with Crippen molar-refractivity contribution in [3.05, 3.63) is 53.1 Å². The summed E-state index contributed by atoms with van der Waals surface area (Å²) in [6.45, 7) is 9.57. The lowest BCUT2D eigenvalue weighted by Gasteiger charge is -2.31. The van der Waals surface area contributed by atoms with Crippen molar-refractivity contribution in [2.45, 2.75) is 45.9 Å². The van der Waals surface area contributed by atoms with E-state index < -0.39 is 23.8 Å². The summed E-state index contributed by atoms with van der Waals surface area (Å²) in [6.07, 6.45) is -5.42. The number of hydrogen-bond acceptors (Lipinski definition) is 4. The first-order chi connectivity index (χ1) is 15.1. The highest BCUT2D eigenvalue weighted by atomic mass is 19.4. The molecule has 0 unspecified atom stereocenters. The van der Waals surface area contributed by atoms with Crippen LogP contribution < -0.4 is 15.0 Å². The van der Waals surface area contributed by atoms with Crippen LogP contribution in [0.1, 0.15) is 43.4 Å². The molecule has 2 aromatic carbocycles. The van der Waals surface area contributed by atoms with E-state index in [1.807, 2.05) is 43.9 Å². The summed E-state index contributed by atoms with van der Waals surface area (Å²) >= 11 is 0. The fourth-order valence-electron chi connectivity index (χ4n) is 3.59. The second-order valence-corrected chi connectivity index (χ2v) is 8.27. The normalized spacial score (nSPS) is 15.6. The molecule has 174 valence electrons. The third-order valence-electron chi connectivity index (χ3n) is 5.40. The van der Waals surface area contributed by atoms with E-state index in [9.17, 15) is 18.0 Å². The molecule has 8 heteroatoms. The number of aryl methyl sites for hydroxylation is 1. The van der Waals surface area contributed by atoms with E-state index in [2.05, 4.69) is 5.32 Å². The summed E-state index contributed by atoms with van der Waals surface area (Å²) in [5.41, 5.74) is 1.77. The van der Waals surface area contributed by atoms with Gasteiger partial charge in [-0.3, -0.25) is 4.79 Å². The second-order valence-electron chi connectivity index (χ2n) is 8.27. The van der Waals surface area contributed by atoms with Gasteiger partial charge in [-0.15, -0.1) is 0 Å². The molecule has 0 bridgehead atoms. The average molecular weight is 451 g/mol. The van der Waals surface area contributed by atoms with Crippen molar-refractivity contribution in [3.8, 4) is 5.75 Å². The van der Waals surface area contributed by atoms with Crippen molar-refractivity contribution >= 4 is 17.3 Å². The number of nitrogens with one attached hydrogen (secondary N) is 1. The smallest absolute Gasteiger partial charge is 0.416 e. The van der Waals surface area contributed by atoms with Gasteiger partial charge < -0.3 is 19.7 Å². The highest BCUT2D eigenvalue weighted by molar-refractivity contribution is 5.97. The summed E-state index contributed by atoms with van der Waals surface area (Å²) in [6, 6.07) is 9.20. The molecule has 5 nitrogen and oxygen atoms in total. The fraction of sp³-hybridized carbons (Fsp3) is 0.458. The van der Waals surface area contributed by atoms with Gasteiger partial charge in [0.2, 0.25) is 0 Å². The molecule has 1 saturated heterocycles. The van der Waals surface area contributed by atoms with Gasteiger partial charge in [0.25, 0.3) is 5.91 Å². The molecule has 1 N–H and O–H groups in total. The van der Waals surface area contributed by atoms with E-state index in [0.717, 1.165) is 23.3 Å². The molecule has 1 heterocycles. The third kappa shape index (κ3) is 5.73. The largest absolute Gasteiger partial charge is 0.481 e. The number of ether oxygens (including phenoxy) is 2. The number of anilines is 2. The zero-order valence-corrected chi connectivity index (χ0v) is 18.8. The number of nitrogens with zero attached hydrogens (tertiary/aromatic N) is 1. The van der Waals surface area contributed by atoms with E-state index in [4.69, 9.17) is 9.47 Å². The number of benzene rings is 2. The number of carbonyl (C=O) groups excluding carboxylic acids is 1. The topological polar surface area (TPSA) is 50.8 Å². The molecule has 0 aliphatic carbocycles. The standard InChI is InChI=1S/C24H29F3N2O3/c1-15(2)19-7-5-16(3)13-22(19)32-17(4)23(30)28-20-14-18(24(25,26)27)6-8-21(20)29-9-11-31-12-10-29/h5-8,13-15,17H,9-12H2,1-4H3,(H,28,30)/t17-/m1/s1. The van der Waals surface area contributed by atoms with Crippen molar-refractivity contribution in [3.63, 3.8) is 0 Å². The molecule has 1 fully saturated rings. The molecule has 1 atom stereocenters. The number of amides is 1. The highest BCUT2D eigenvalue weighted by Gasteiger charge is 2.32. The van der Waals surface area contributed by atoms with Crippen LogP contribution in [0.25, 0.3) is 0 Å². The molecular formula is C24H29F3N2O3. The highest BCUT2D eigenvalue weighted by Crippen LogP contribution is 2.36. The van der Waals surface area contributed by atoms with Crippen molar-refractivity contribution in [1.82, 2.24) is 0 Å². The molecular weight excluding hydrogens is 421 g/mol. The second kappa shape index (κ2) is 9.81. The lowest BCUT2D eigenvalue weighted by Crippen LogP contribution is -2.37. The summed E-state index contributed by atoms with van der Waals surface area (Å²) in [7, 11) is 0. The lowest BCUT2D eigenvalue weighted by atomic mass is 10.0. The Kier molecular flexibility index (Phi) is 7.33. The maximum Gasteiger partial charge on any atom is 0.416 e. The Bertz CT molecular complexity index is 954. The van der Waals surface area contributed by atoms with Crippen molar-refractivity contribution in [2.24, 2.45) is 0 Å². The van der Waals surface area contributed by atoms with Crippen LogP contribution in [0, 0.1) is 6.92 Å². The Morgan fingerprint density at radius 2 is 1.78 bits per heavy atom. The van der Waals surface area contributed by atoms with Gasteiger partial charge in [0.05, 0.1) is 30.2 Å². The Labute approximate surface area is 186 Å². The molecule has 32 heavy (non-hydrogen) atoms. The maximum absolute atomic E-state index is 13.3. The van der Waals surface area contributed by atoms with Crippen LogP contribution in [0.3, 0.4) is 0 Å². The Hall–Kier alpha value is -2.74. The number of hydrogen-bond donors (Lipinski definition) is 1. The molecule has 0 spiro atoms. The van der Waals surface area contributed by atoms with Crippen LogP contribution in [-0.2, 0) is 15.7 Å². The van der Waals surface area contributed by atoms with E-state index in [0.29, 0.717) is 37.7 Å². The first-order valence-electron chi connectivity index (χ1n) is 10.7. The fourth-order valence-corrected chi connectivity index (χ4v) is 3.59. The number of morpholine rings is 1. The van der Waals surface area contributed by atoms with Crippen molar-refractivity contribution < 1.29 is 27.4 Å². The van der Waals surface area contributed by atoms with E-state index in [1.54, 1.807) is 6.92 Å². The van der Waals surface area contributed by atoms with Crippen LogP contribution in [0.4, 0.5) is 24.5 Å². The maximum atomic E-state index is 13.3. The van der Waals surface area contributed by atoms with Crippen molar-refractivity contribution in [2.75, 3.05) is 36.5 Å². The Morgan fingerprint density at radius 1 is 1.09 bits per heavy atom. The van der Waals surface area contributed by atoms with Gasteiger partial charge in [0.1, 0.15) is 5.75 Å². The number of halogens is 3. The summed E-state index contributed by atoms with van der Waals surface area (Å²) in [5.74, 6) is 0.271. The SMILES string of the molecule is Cc1ccc(C(C)C)c(O[C@H](C)C(=O)Nc2cc(C(F)(F)F)ccc2N2CCOCC2)c1. The molecule has 0 saturated carbocycles. The molecule has 1 amide bonds. The van der Waals surface area contributed by atoms with E-state index in [1.165, 1.54) is 6.07 Å². The van der Waals surface area contributed by atoms with Crippen LogP contribution in [0.15, 0.2) is 36.4 Å².